The molecule has 20 heavy (non-hydrogen) atoms. The summed E-state index contributed by atoms with van der Waals surface area (Å²) < 4.78 is 5.12. The molecule has 106 valence electrons. The van der Waals surface area contributed by atoms with Crippen molar-refractivity contribution in [2.45, 2.75) is 26.4 Å². The number of benzene rings is 2. The lowest BCUT2D eigenvalue weighted by Gasteiger charge is -2.15. The molecule has 0 aliphatic heterocycles. The average Bonchev–Trinajstić information content (AvgIpc) is 2.42. The van der Waals surface area contributed by atoms with E-state index in [4.69, 9.17) is 16.3 Å². The number of ether oxygens (including phenoxy) is 1. The molecule has 2 aromatic rings. The lowest BCUT2D eigenvalue weighted by molar-refractivity contribution is 0.178. The molecule has 2 nitrogen and oxygen atoms in total. The number of methoxy groups -OCH3 is 1. The third-order valence-electron chi connectivity index (χ3n) is 3.48. The van der Waals surface area contributed by atoms with Crippen LogP contribution in [0.25, 0.3) is 0 Å². The summed E-state index contributed by atoms with van der Waals surface area (Å²) in [4.78, 5) is 0. The molecule has 0 radical (unpaired) electrons. The van der Waals surface area contributed by atoms with Crippen molar-refractivity contribution in [1.29, 1.82) is 0 Å². The van der Waals surface area contributed by atoms with E-state index in [0.717, 1.165) is 11.1 Å². The van der Waals surface area contributed by atoms with E-state index in [1.54, 1.807) is 13.2 Å². The second kappa shape index (κ2) is 6.29. The maximum atomic E-state index is 10.4. The molecule has 0 amide bonds. The molecular formula is C17H19ClO2. The van der Waals surface area contributed by atoms with Crippen LogP contribution < -0.4 is 4.74 Å². The predicted molar refractivity (Wildman–Crippen MR) is 82.6 cm³/mol. The van der Waals surface area contributed by atoms with E-state index in [1.807, 2.05) is 12.1 Å². The quantitative estimate of drug-likeness (QED) is 0.912. The standard InChI is InChI=1S/C17H19ClO2/c1-11-4-5-12(2)13(8-11)9-17(19)15-7-6-14(20-3)10-16(15)18/h4-8,10,17,19H,9H2,1-3H3. The zero-order valence-corrected chi connectivity index (χ0v) is 12.7. The summed E-state index contributed by atoms with van der Waals surface area (Å²) in [6.07, 6.45) is -0.0616. The van der Waals surface area contributed by atoms with Gasteiger partial charge < -0.3 is 9.84 Å². The number of hydrogen-bond acceptors (Lipinski definition) is 2. The minimum Gasteiger partial charge on any atom is -0.497 e. The Morgan fingerprint density at radius 2 is 1.90 bits per heavy atom. The van der Waals surface area contributed by atoms with Gasteiger partial charge in [0, 0.05) is 6.42 Å². The van der Waals surface area contributed by atoms with E-state index in [9.17, 15) is 5.11 Å². The smallest absolute Gasteiger partial charge is 0.120 e. The van der Waals surface area contributed by atoms with Gasteiger partial charge in [-0.05, 0) is 42.7 Å². The summed E-state index contributed by atoms with van der Waals surface area (Å²) in [7, 11) is 1.60. The van der Waals surface area contributed by atoms with Gasteiger partial charge in [-0.1, -0.05) is 41.4 Å². The first-order valence-corrected chi connectivity index (χ1v) is 6.96. The highest BCUT2D eigenvalue weighted by atomic mass is 35.5. The Balaban J connectivity index is 2.23. The fourth-order valence-electron chi connectivity index (χ4n) is 2.24. The Kier molecular flexibility index (Phi) is 4.69. The predicted octanol–water partition coefficient (Wildman–Crippen LogP) is 4.24. The first-order chi connectivity index (χ1) is 9.51. The Bertz CT molecular complexity index is 608. The second-order valence-corrected chi connectivity index (χ2v) is 5.44. The third-order valence-corrected chi connectivity index (χ3v) is 3.81. The van der Waals surface area contributed by atoms with Gasteiger partial charge in [0.25, 0.3) is 0 Å². The highest BCUT2D eigenvalue weighted by molar-refractivity contribution is 6.31. The SMILES string of the molecule is COc1ccc(C(O)Cc2cc(C)ccc2C)c(Cl)c1. The molecule has 0 saturated heterocycles. The number of halogens is 1. The summed E-state index contributed by atoms with van der Waals surface area (Å²) in [6.45, 7) is 4.10. The van der Waals surface area contributed by atoms with E-state index in [1.165, 1.54) is 11.1 Å². The van der Waals surface area contributed by atoms with Gasteiger partial charge in [0.05, 0.1) is 18.2 Å². The molecule has 1 unspecified atom stereocenters. The molecule has 0 aliphatic rings. The highest BCUT2D eigenvalue weighted by Gasteiger charge is 2.14. The minimum absolute atomic E-state index is 0.530. The molecule has 0 aliphatic carbocycles. The molecule has 2 rings (SSSR count). The van der Waals surface area contributed by atoms with Crippen LogP contribution in [-0.2, 0) is 6.42 Å². The van der Waals surface area contributed by atoms with E-state index >= 15 is 0 Å². The van der Waals surface area contributed by atoms with Crippen molar-refractivity contribution in [3.63, 3.8) is 0 Å². The Morgan fingerprint density at radius 3 is 2.55 bits per heavy atom. The summed E-state index contributed by atoms with van der Waals surface area (Å²) >= 11 is 6.20. The number of aliphatic hydroxyl groups is 1. The lowest BCUT2D eigenvalue weighted by atomic mass is 9.96. The van der Waals surface area contributed by atoms with Crippen LogP contribution in [0, 0.1) is 13.8 Å². The third kappa shape index (κ3) is 3.33. The van der Waals surface area contributed by atoms with Gasteiger partial charge in [-0.25, -0.2) is 0 Å². The van der Waals surface area contributed by atoms with Crippen LogP contribution in [0.5, 0.6) is 5.75 Å². The molecule has 2 aromatic carbocycles. The van der Waals surface area contributed by atoms with E-state index in [-0.39, 0.29) is 0 Å². The first kappa shape index (κ1) is 14.9. The molecule has 0 heterocycles. The van der Waals surface area contributed by atoms with Crippen LogP contribution in [0.1, 0.15) is 28.4 Å². The number of rotatable bonds is 4. The fourth-order valence-corrected chi connectivity index (χ4v) is 2.54. The van der Waals surface area contributed by atoms with Crippen molar-refractivity contribution in [2.75, 3.05) is 7.11 Å². The van der Waals surface area contributed by atoms with Crippen LogP contribution in [0.4, 0.5) is 0 Å². The van der Waals surface area contributed by atoms with Crippen LogP contribution >= 0.6 is 11.6 Å². The van der Waals surface area contributed by atoms with Gasteiger partial charge in [0.1, 0.15) is 5.75 Å². The summed E-state index contributed by atoms with van der Waals surface area (Å²) in [5.74, 6) is 0.692. The molecule has 0 spiro atoms. The van der Waals surface area contributed by atoms with E-state index < -0.39 is 6.10 Å². The highest BCUT2D eigenvalue weighted by Crippen LogP contribution is 2.30. The number of hydrogen-bond donors (Lipinski definition) is 1. The monoisotopic (exact) mass is 290 g/mol. The Hall–Kier alpha value is -1.51. The van der Waals surface area contributed by atoms with Crippen molar-refractivity contribution >= 4 is 11.6 Å². The van der Waals surface area contributed by atoms with Crippen LogP contribution in [-0.4, -0.2) is 12.2 Å². The first-order valence-electron chi connectivity index (χ1n) is 6.59. The Morgan fingerprint density at radius 1 is 1.15 bits per heavy atom. The van der Waals surface area contributed by atoms with Crippen molar-refractivity contribution in [2.24, 2.45) is 0 Å². The van der Waals surface area contributed by atoms with Gasteiger partial charge in [-0.3, -0.25) is 0 Å². The maximum absolute atomic E-state index is 10.4. The molecular weight excluding hydrogens is 272 g/mol. The number of aliphatic hydroxyl groups excluding tert-OH is 1. The molecule has 1 N–H and O–H groups in total. The zero-order chi connectivity index (χ0) is 14.7. The van der Waals surface area contributed by atoms with Gasteiger partial charge in [0.2, 0.25) is 0 Å². The average molecular weight is 291 g/mol. The molecule has 0 bridgehead atoms. The van der Waals surface area contributed by atoms with Gasteiger partial charge in [-0.2, -0.15) is 0 Å². The largest absolute Gasteiger partial charge is 0.497 e. The van der Waals surface area contributed by atoms with E-state index in [2.05, 4.69) is 32.0 Å². The normalized spacial score (nSPS) is 12.2. The van der Waals surface area contributed by atoms with Crippen LogP contribution in [0.3, 0.4) is 0 Å². The zero-order valence-electron chi connectivity index (χ0n) is 12.0. The van der Waals surface area contributed by atoms with E-state index in [0.29, 0.717) is 17.2 Å². The van der Waals surface area contributed by atoms with Crippen LogP contribution in [0.2, 0.25) is 5.02 Å². The second-order valence-electron chi connectivity index (χ2n) is 5.04. The molecule has 3 heteroatoms. The Labute approximate surface area is 125 Å². The topological polar surface area (TPSA) is 29.5 Å². The summed E-state index contributed by atoms with van der Waals surface area (Å²) in [6, 6.07) is 11.6. The minimum atomic E-state index is -0.617. The molecule has 0 saturated carbocycles. The molecule has 0 fully saturated rings. The van der Waals surface area contributed by atoms with Crippen molar-refractivity contribution in [3.05, 3.63) is 63.7 Å². The van der Waals surface area contributed by atoms with Gasteiger partial charge >= 0.3 is 0 Å². The van der Waals surface area contributed by atoms with Gasteiger partial charge in [-0.15, -0.1) is 0 Å². The van der Waals surface area contributed by atoms with Crippen LogP contribution in [0.15, 0.2) is 36.4 Å². The van der Waals surface area contributed by atoms with Crippen molar-refractivity contribution in [3.8, 4) is 5.75 Å². The summed E-state index contributed by atoms with van der Waals surface area (Å²) in [5, 5.41) is 10.9. The fraction of sp³-hybridized carbons (Fsp3) is 0.294. The van der Waals surface area contributed by atoms with Crippen molar-refractivity contribution < 1.29 is 9.84 Å². The van der Waals surface area contributed by atoms with Gasteiger partial charge in [0.15, 0.2) is 0 Å². The summed E-state index contributed by atoms with van der Waals surface area (Å²) in [5.41, 5.74) is 4.25. The number of aryl methyl sites for hydroxylation is 2. The van der Waals surface area contributed by atoms with Crippen molar-refractivity contribution in [1.82, 2.24) is 0 Å². The maximum Gasteiger partial charge on any atom is 0.120 e. The molecule has 0 aromatic heterocycles. The lowest BCUT2D eigenvalue weighted by Crippen LogP contribution is -2.04. The molecule has 1 atom stereocenters.